The molecule has 0 spiro atoms. The number of nitrogens with zero attached hydrogens (tertiary/aromatic N) is 2. The molecule has 5 heteroatoms. The van der Waals surface area contributed by atoms with Crippen molar-refractivity contribution in [3.8, 4) is 0 Å². The van der Waals surface area contributed by atoms with E-state index in [4.69, 9.17) is 0 Å². The fourth-order valence-corrected chi connectivity index (χ4v) is 1.62. The van der Waals surface area contributed by atoms with Gasteiger partial charge in [0.1, 0.15) is 0 Å². The summed E-state index contributed by atoms with van der Waals surface area (Å²) in [6.45, 7) is 2.62. The number of carbonyl (C=O) groups excluding carboxylic acids is 1. The molecule has 84 valence electrons. The van der Waals surface area contributed by atoms with Gasteiger partial charge in [0.15, 0.2) is 0 Å². The summed E-state index contributed by atoms with van der Waals surface area (Å²) in [5.41, 5.74) is 2.14. The molecule has 0 saturated heterocycles. The maximum absolute atomic E-state index is 11.2. The highest BCUT2D eigenvalue weighted by atomic mass is 32.1. The first-order valence-corrected chi connectivity index (χ1v) is 5.69. The van der Waals surface area contributed by atoms with Gasteiger partial charge in [0, 0.05) is 31.8 Å². The van der Waals surface area contributed by atoms with Crippen molar-refractivity contribution in [3.63, 3.8) is 0 Å². The van der Waals surface area contributed by atoms with Crippen molar-refractivity contribution >= 4 is 18.5 Å². The van der Waals surface area contributed by atoms with Crippen LogP contribution in [0.15, 0.2) is 6.20 Å². The maximum atomic E-state index is 11.2. The summed E-state index contributed by atoms with van der Waals surface area (Å²) in [7, 11) is 1.89. The Kier molecular flexibility index (Phi) is 4.68. The largest absolute Gasteiger partial charge is 0.352 e. The van der Waals surface area contributed by atoms with E-state index in [2.05, 4.69) is 30.0 Å². The standard InChI is InChI=1S/C10H17N3OS/c1-3-9-8(7-13(2)12-9)6-11-10(14)4-5-15/h7,15H,3-6H2,1-2H3,(H,11,14). The summed E-state index contributed by atoms with van der Waals surface area (Å²) in [5.74, 6) is 0.621. The number of carbonyl (C=O) groups is 1. The van der Waals surface area contributed by atoms with Gasteiger partial charge in [0.2, 0.25) is 5.91 Å². The number of hydrogen-bond donors (Lipinski definition) is 2. The minimum Gasteiger partial charge on any atom is -0.352 e. The predicted octanol–water partition coefficient (Wildman–Crippen LogP) is 0.919. The lowest BCUT2D eigenvalue weighted by molar-refractivity contribution is -0.120. The highest BCUT2D eigenvalue weighted by Crippen LogP contribution is 2.06. The Bertz CT molecular complexity index is 335. The van der Waals surface area contributed by atoms with Crippen molar-refractivity contribution in [1.82, 2.24) is 15.1 Å². The molecule has 1 rings (SSSR count). The van der Waals surface area contributed by atoms with Crippen LogP contribution in [0.4, 0.5) is 0 Å². The Labute approximate surface area is 95.5 Å². The topological polar surface area (TPSA) is 46.9 Å². The van der Waals surface area contributed by atoms with Crippen LogP contribution in [0.25, 0.3) is 0 Å². The lowest BCUT2D eigenvalue weighted by Crippen LogP contribution is -2.23. The Balaban J connectivity index is 2.52. The minimum atomic E-state index is 0.0379. The van der Waals surface area contributed by atoms with Crippen molar-refractivity contribution in [1.29, 1.82) is 0 Å². The van der Waals surface area contributed by atoms with Gasteiger partial charge in [-0.05, 0) is 12.2 Å². The molecule has 0 atom stereocenters. The van der Waals surface area contributed by atoms with E-state index in [9.17, 15) is 4.79 Å². The van der Waals surface area contributed by atoms with E-state index in [0.29, 0.717) is 18.7 Å². The Morgan fingerprint density at radius 2 is 2.40 bits per heavy atom. The summed E-state index contributed by atoms with van der Waals surface area (Å²) in [5, 5.41) is 7.15. The van der Waals surface area contributed by atoms with Crippen molar-refractivity contribution in [3.05, 3.63) is 17.5 Å². The first-order valence-electron chi connectivity index (χ1n) is 5.06. The lowest BCUT2D eigenvalue weighted by atomic mass is 10.2. The summed E-state index contributed by atoms with van der Waals surface area (Å²) in [6.07, 6.45) is 3.29. The minimum absolute atomic E-state index is 0.0379. The SMILES string of the molecule is CCc1nn(C)cc1CNC(=O)CCS. The second-order valence-corrected chi connectivity index (χ2v) is 3.83. The Morgan fingerprint density at radius 1 is 1.67 bits per heavy atom. The van der Waals surface area contributed by atoms with Crippen LogP contribution in [0, 0.1) is 0 Å². The van der Waals surface area contributed by atoms with Crippen molar-refractivity contribution < 1.29 is 4.79 Å². The molecule has 0 aromatic carbocycles. The van der Waals surface area contributed by atoms with Gasteiger partial charge < -0.3 is 5.32 Å². The molecule has 0 aliphatic rings. The van der Waals surface area contributed by atoms with Crippen LogP contribution in [-0.2, 0) is 24.8 Å². The average molecular weight is 227 g/mol. The summed E-state index contributed by atoms with van der Waals surface area (Å²) in [4.78, 5) is 11.2. The third-order valence-corrected chi connectivity index (χ3v) is 2.37. The second-order valence-electron chi connectivity index (χ2n) is 3.38. The molecule has 0 radical (unpaired) electrons. The third-order valence-electron chi connectivity index (χ3n) is 2.14. The molecule has 1 heterocycles. The van der Waals surface area contributed by atoms with Gasteiger partial charge in [0.05, 0.1) is 5.69 Å². The van der Waals surface area contributed by atoms with Gasteiger partial charge >= 0.3 is 0 Å². The molecule has 15 heavy (non-hydrogen) atoms. The smallest absolute Gasteiger partial charge is 0.221 e. The van der Waals surface area contributed by atoms with E-state index in [1.54, 1.807) is 4.68 Å². The van der Waals surface area contributed by atoms with Gasteiger partial charge in [-0.15, -0.1) is 0 Å². The second kappa shape index (κ2) is 5.80. The monoisotopic (exact) mass is 227 g/mol. The van der Waals surface area contributed by atoms with E-state index in [1.165, 1.54) is 0 Å². The fourth-order valence-electron chi connectivity index (χ4n) is 1.41. The average Bonchev–Trinajstić information content (AvgIpc) is 2.56. The summed E-state index contributed by atoms with van der Waals surface area (Å²) >= 11 is 4.01. The zero-order chi connectivity index (χ0) is 11.3. The van der Waals surface area contributed by atoms with E-state index in [1.807, 2.05) is 13.2 Å². The number of aryl methyl sites for hydroxylation is 2. The quantitative estimate of drug-likeness (QED) is 0.735. The van der Waals surface area contributed by atoms with Crippen LogP contribution < -0.4 is 5.32 Å². The number of aromatic nitrogens is 2. The summed E-state index contributed by atoms with van der Waals surface area (Å²) < 4.78 is 1.78. The van der Waals surface area contributed by atoms with Crippen LogP contribution in [0.3, 0.4) is 0 Å². The molecular formula is C10H17N3OS. The van der Waals surface area contributed by atoms with Crippen LogP contribution in [0.1, 0.15) is 24.6 Å². The molecule has 0 saturated carbocycles. The summed E-state index contributed by atoms with van der Waals surface area (Å²) in [6, 6.07) is 0. The van der Waals surface area contributed by atoms with Crippen LogP contribution in [0.5, 0.6) is 0 Å². The van der Waals surface area contributed by atoms with E-state index >= 15 is 0 Å². The highest BCUT2D eigenvalue weighted by Gasteiger charge is 2.06. The Hall–Kier alpha value is -0.970. The van der Waals surface area contributed by atoms with Gasteiger partial charge in [0.25, 0.3) is 0 Å². The molecule has 0 fully saturated rings. The van der Waals surface area contributed by atoms with Gasteiger partial charge in [-0.3, -0.25) is 9.48 Å². The fraction of sp³-hybridized carbons (Fsp3) is 0.600. The normalized spacial score (nSPS) is 10.3. The first kappa shape index (κ1) is 12.1. The number of thiol groups is 1. The first-order chi connectivity index (χ1) is 7.17. The molecule has 0 unspecified atom stereocenters. The maximum Gasteiger partial charge on any atom is 0.221 e. The molecule has 4 nitrogen and oxygen atoms in total. The van der Waals surface area contributed by atoms with E-state index in [-0.39, 0.29) is 5.91 Å². The number of amides is 1. The third kappa shape index (κ3) is 3.58. The molecular weight excluding hydrogens is 210 g/mol. The van der Waals surface area contributed by atoms with Crippen LogP contribution >= 0.6 is 12.6 Å². The van der Waals surface area contributed by atoms with Gasteiger partial charge in [-0.25, -0.2) is 0 Å². The molecule has 0 bridgehead atoms. The van der Waals surface area contributed by atoms with Gasteiger partial charge in [-0.2, -0.15) is 17.7 Å². The molecule has 1 aromatic heterocycles. The number of nitrogens with one attached hydrogen (secondary N) is 1. The molecule has 0 aliphatic heterocycles. The van der Waals surface area contributed by atoms with Crippen molar-refractivity contribution in [2.45, 2.75) is 26.3 Å². The number of hydrogen-bond acceptors (Lipinski definition) is 3. The molecule has 1 amide bonds. The van der Waals surface area contributed by atoms with E-state index in [0.717, 1.165) is 17.7 Å². The lowest BCUT2D eigenvalue weighted by Gasteiger charge is -2.03. The zero-order valence-electron chi connectivity index (χ0n) is 9.16. The zero-order valence-corrected chi connectivity index (χ0v) is 10.1. The van der Waals surface area contributed by atoms with Crippen molar-refractivity contribution in [2.24, 2.45) is 7.05 Å². The highest BCUT2D eigenvalue weighted by molar-refractivity contribution is 7.80. The van der Waals surface area contributed by atoms with Crippen LogP contribution in [-0.4, -0.2) is 21.4 Å². The Morgan fingerprint density at radius 3 is 3.00 bits per heavy atom. The molecule has 1 N–H and O–H groups in total. The molecule has 1 aromatic rings. The van der Waals surface area contributed by atoms with E-state index < -0.39 is 0 Å². The predicted molar refractivity (Wildman–Crippen MR) is 62.9 cm³/mol. The van der Waals surface area contributed by atoms with Crippen molar-refractivity contribution in [2.75, 3.05) is 5.75 Å². The number of rotatable bonds is 5. The molecule has 0 aliphatic carbocycles. The van der Waals surface area contributed by atoms with Gasteiger partial charge in [-0.1, -0.05) is 6.92 Å². The van der Waals surface area contributed by atoms with Crippen LogP contribution in [0.2, 0.25) is 0 Å².